The van der Waals surface area contributed by atoms with Crippen molar-refractivity contribution in [1.82, 2.24) is 9.55 Å². The molecule has 1 saturated heterocycles. The molecule has 4 rings (SSSR count). The van der Waals surface area contributed by atoms with Crippen molar-refractivity contribution in [2.24, 2.45) is 11.7 Å². The number of piperidine rings is 1. The molecule has 0 radical (unpaired) electrons. The van der Waals surface area contributed by atoms with E-state index in [0.29, 0.717) is 38.4 Å². The van der Waals surface area contributed by atoms with E-state index in [1.165, 1.54) is 16.9 Å². The van der Waals surface area contributed by atoms with Crippen LogP contribution in [0.1, 0.15) is 36.1 Å². The summed E-state index contributed by atoms with van der Waals surface area (Å²) in [5.41, 5.74) is 6.70. The number of rotatable bonds is 4. The lowest BCUT2D eigenvalue weighted by Crippen LogP contribution is -2.41. The highest BCUT2D eigenvalue weighted by atomic mass is 32.1. The van der Waals surface area contributed by atoms with E-state index in [-0.39, 0.29) is 17.4 Å². The second-order valence-corrected chi connectivity index (χ2v) is 8.25. The monoisotopic (exact) mass is 372 g/mol. The van der Waals surface area contributed by atoms with Gasteiger partial charge >= 0.3 is 0 Å². The van der Waals surface area contributed by atoms with Gasteiger partial charge in [-0.05, 0) is 44.1 Å². The fraction of sp³-hybridized carbons (Fsp3) is 0.526. The molecule has 1 fully saturated rings. The van der Waals surface area contributed by atoms with Crippen molar-refractivity contribution in [3.05, 3.63) is 33.4 Å². The van der Waals surface area contributed by atoms with Gasteiger partial charge in [-0.2, -0.15) is 0 Å². The molecule has 1 aliphatic carbocycles. The Labute approximate surface area is 156 Å². The highest BCUT2D eigenvalue weighted by molar-refractivity contribution is 7.18. The molecule has 1 aliphatic heterocycles. The second kappa shape index (κ2) is 6.87. The van der Waals surface area contributed by atoms with Crippen molar-refractivity contribution in [3.8, 4) is 0 Å². The Kier molecular flexibility index (Phi) is 4.56. The van der Waals surface area contributed by atoms with Crippen LogP contribution in [-0.2, 0) is 24.2 Å². The Balaban J connectivity index is 1.79. The topological polar surface area (TPSA) is 81.2 Å². The van der Waals surface area contributed by atoms with Gasteiger partial charge in [-0.25, -0.2) is 4.98 Å². The van der Waals surface area contributed by atoms with Gasteiger partial charge in [-0.15, -0.1) is 17.9 Å². The van der Waals surface area contributed by atoms with Crippen LogP contribution in [0.2, 0.25) is 0 Å². The molecule has 0 spiro atoms. The van der Waals surface area contributed by atoms with Crippen LogP contribution in [-0.4, -0.2) is 28.5 Å². The molecule has 1 amide bonds. The number of aromatic nitrogens is 2. The zero-order chi connectivity index (χ0) is 18.3. The number of allylic oxidation sites excluding steroid dienone is 1. The van der Waals surface area contributed by atoms with Gasteiger partial charge in [-0.3, -0.25) is 14.2 Å². The molecule has 138 valence electrons. The van der Waals surface area contributed by atoms with E-state index in [2.05, 4.69) is 11.5 Å². The van der Waals surface area contributed by atoms with Crippen LogP contribution >= 0.6 is 11.3 Å². The summed E-state index contributed by atoms with van der Waals surface area (Å²) in [6.45, 7) is 5.63. The number of primary amides is 1. The minimum absolute atomic E-state index is 0.0429. The minimum atomic E-state index is -0.234. The summed E-state index contributed by atoms with van der Waals surface area (Å²) < 4.78 is 1.74. The van der Waals surface area contributed by atoms with Crippen LogP contribution < -0.4 is 16.2 Å². The van der Waals surface area contributed by atoms with Gasteiger partial charge in [0.1, 0.15) is 4.83 Å². The summed E-state index contributed by atoms with van der Waals surface area (Å²) in [4.78, 5) is 33.9. The fourth-order valence-corrected chi connectivity index (χ4v) is 5.37. The SMILES string of the molecule is C=CCn1c(N2CCC(C(N)=O)CC2)nc2sc3c(c2c1=O)CCCC3. The number of thiophene rings is 1. The molecule has 0 bridgehead atoms. The molecule has 0 atom stereocenters. The van der Waals surface area contributed by atoms with Crippen LogP contribution in [0.15, 0.2) is 17.4 Å². The number of carbonyl (C=O) groups is 1. The average molecular weight is 372 g/mol. The smallest absolute Gasteiger partial charge is 0.264 e. The maximum absolute atomic E-state index is 13.3. The summed E-state index contributed by atoms with van der Waals surface area (Å²) in [7, 11) is 0. The largest absolute Gasteiger partial charge is 0.369 e. The van der Waals surface area contributed by atoms with E-state index in [1.807, 2.05) is 0 Å². The Morgan fingerprint density at radius 2 is 2.04 bits per heavy atom. The standard InChI is InChI=1S/C19H24N4O2S/c1-2-9-23-18(25)15-13-5-3-4-6-14(13)26-17(15)21-19(23)22-10-7-12(8-11-22)16(20)24/h2,12H,1,3-11H2,(H2,20,24). The first-order valence-corrected chi connectivity index (χ1v) is 10.1. The van der Waals surface area contributed by atoms with Gasteiger partial charge < -0.3 is 10.6 Å². The van der Waals surface area contributed by atoms with E-state index in [1.54, 1.807) is 22.0 Å². The quantitative estimate of drug-likeness (QED) is 0.835. The lowest BCUT2D eigenvalue weighted by Gasteiger charge is -2.32. The van der Waals surface area contributed by atoms with E-state index in [9.17, 15) is 9.59 Å². The minimum Gasteiger partial charge on any atom is -0.369 e. The number of nitrogens with two attached hydrogens (primary N) is 1. The van der Waals surface area contributed by atoms with Gasteiger partial charge in [0.25, 0.3) is 5.56 Å². The average Bonchev–Trinajstić information content (AvgIpc) is 3.02. The van der Waals surface area contributed by atoms with Gasteiger partial charge in [0.15, 0.2) is 0 Å². The first kappa shape index (κ1) is 17.3. The maximum atomic E-state index is 13.3. The van der Waals surface area contributed by atoms with Crippen molar-refractivity contribution in [2.75, 3.05) is 18.0 Å². The predicted molar refractivity (Wildman–Crippen MR) is 105 cm³/mol. The van der Waals surface area contributed by atoms with Crippen molar-refractivity contribution >= 4 is 33.4 Å². The molecular formula is C19H24N4O2S. The predicted octanol–water partition coefficient (Wildman–Crippen LogP) is 2.22. The number of hydrogen-bond acceptors (Lipinski definition) is 5. The number of hydrogen-bond donors (Lipinski definition) is 1. The molecule has 26 heavy (non-hydrogen) atoms. The maximum Gasteiger partial charge on any atom is 0.264 e. The second-order valence-electron chi connectivity index (χ2n) is 7.17. The number of nitrogens with zero attached hydrogens (tertiary/aromatic N) is 3. The number of anilines is 1. The number of fused-ring (bicyclic) bond motifs is 3. The molecule has 0 saturated carbocycles. The zero-order valence-electron chi connectivity index (χ0n) is 14.9. The Morgan fingerprint density at radius 3 is 2.73 bits per heavy atom. The van der Waals surface area contributed by atoms with Crippen molar-refractivity contribution < 1.29 is 4.79 Å². The summed E-state index contributed by atoms with van der Waals surface area (Å²) in [6, 6.07) is 0. The molecule has 2 aromatic heterocycles. The first-order valence-electron chi connectivity index (χ1n) is 9.30. The van der Waals surface area contributed by atoms with Crippen LogP contribution in [0.4, 0.5) is 5.95 Å². The molecule has 6 nitrogen and oxygen atoms in total. The van der Waals surface area contributed by atoms with Crippen LogP contribution in [0.25, 0.3) is 10.2 Å². The molecule has 2 N–H and O–H groups in total. The Bertz CT molecular complexity index is 922. The molecule has 2 aliphatic rings. The normalized spacial score (nSPS) is 18.1. The van der Waals surface area contributed by atoms with E-state index >= 15 is 0 Å². The van der Waals surface area contributed by atoms with Gasteiger partial charge in [0, 0.05) is 30.4 Å². The summed E-state index contributed by atoms with van der Waals surface area (Å²) in [5.74, 6) is 0.384. The van der Waals surface area contributed by atoms with E-state index < -0.39 is 0 Å². The van der Waals surface area contributed by atoms with Gasteiger partial charge in [0.05, 0.1) is 5.39 Å². The van der Waals surface area contributed by atoms with E-state index in [4.69, 9.17) is 10.7 Å². The number of amides is 1. The molecule has 3 heterocycles. The number of aryl methyl sites for hydroxylation is 2. The number of carbonyl (C=O) groups excluding carboxylic acids is 1. The van der Waals surface area contributed by atoms with Crippen LogP contribution in [0.5, 0.6) is 0 Å². The van der Waals surface area contributed by atoms with Crippen molar-refractivity contribution in [3.63, 3.8) is 0 Å². The summed E-state index contributed by atoms with van der Waals surface area (Å²) >= 11 is 1.67. The molecule has 0 aromatic carbocycles. The summed E-state index contributed by atoms with van der Waals surface area (Å²) in [5, 5.41) is 0.808. The highest BCUT2D eigenvalue weighted by Gasteiger charge is 2.28. The molecule has 0 unspecified atom stereocenters. The first-order chi connectivity index (χ1) is 12.6. The lowest BCUT2D eigenvalue weighted by molar-refractivity contribution is -0.122. The van der Waals surface area contributed by atoms with E-state index in [0.717, 1.165) is 29.5 Å². The Hall–Kier alpha value is -2.15. The van der Waals surface area contributed by atoms with Gasteiger partial charge in [0.2, 0.25) is 11.9 Å². The van der Waals surface area contributed by atoms with Gasteiger partial charge in [-0.1, -0.05) is 6.08 Å². The summed E-state index contributed by atoms with van der Waals surface area (Å²) in [6.07, 6.45) is 7.51. The zero-order valence-corrected chi connectivity index (χ0v) is 15.7. The van der Waals surface area contributed by atoms with Crippen molar-refractivity contribution in [2.45, 2.75) is 45.1 Å². The third kappa shape index (κ3) is 2.84. The van der Waals surface area contributed by atoms with Crippen molar-refractivity contribution in [1.29, 1.82) is 0 Å². The molecular weight excluding hydrogens is 348 g/mol. The lowest BCUT2D eigenvalue weighted by atomic mass is 9.96. The Morgan fingerprint density at radius 1 is 1.31 bits per heavy atom. The molecule has 7 heteroatoms. The fourth-order valence-electron chi connectivity index (χ4n) is 4.13. The van der Waals surface area contributed by atoms with Crippen LogP contribution in [0.3, 0.4) is 0 Å². The molecule has 2 aromatic rings. The van der Waals surface area contributed by atoms with Crippen LogP contribution in [0, 0.1) is 5.92 Å². The third-order valence-electron chi connectivity index (χ3n) is 5.55. The highest BCUT2D eigenvalue weighted by Crippen LogP contribution is 2.35. The third-order valence-corrected chi connectivity index (χ3v) is 6.73.